The summed E-state index contributed by atoms with van der Waals surface area (Å²) in [5.74, 6) is -2.72. The fraction of sp³-hybridized carbons (Fsp3) is 0.333. The normalized spacial score (nSPS) is 15.0. The van der Waals surface area contributed by atoms with Crippen LogP contribution < -0.4 is 10.6 Å². The van der Waals surface area contributed by atoms with Gasteiger partial charge in [-0.3, -0.25) is 19.7 Å². The predicted octanol–water partition coefficient (Wildman–Crippen LogP) is -0.249. The zero-order valence-electron chi connectivity index (χ0n) is 10.8. The first-order valence-electron chi connectivity index (χ1n) is 6.03. The van der Waals surface area contributed by atoms with Crippen molar-refractivity contribution >= 4 is 23.5 Å². The Balaban J connectivity index is 2.27. The Labute approximate surface area is 114 Å². The fourth-order valence-electron chi connectivity index (χ4n) is 1.85. The van der Waals surface area contributed by atoms with Gasteiger partial charge in [-0.05, 0) is 13.0 Å². The van der Waals surface area contributed by atoms with Gasteiger partial charge in [-0.2, -0.15) is 0 Å². The standard InChI is InChI=1S/C12H13FN4O3/c1-2-14-11-10(13)7(3-4-15-11)12(20)17-5-8(18)16-9(19)6-17/h3-4H,2,5-6H2,1H3,(H,14,15)(H,16,18,19). The molecule has 0 aromatic carbocycles. The van der Waals surface area contributed by atoms with Crippen LogP contribution in [0.1, 0.15) is 17.3 Å². The van der Waals surface area contributed by atoms with Gasteiger partial charge in [0.15, 0.2) is 11.6 Å². The van der Waals surface area contributed by atoms with Gasteiger partial charge in [0.25, 0.3) is 5.91 Å². The molecule has 1 aliphatic rings. The first kappa shape index (κ1) is 13.9. The number of rotatable bonds is 3. The van der Waals surface area contributed by atoms with Gasteiger partial charge in [-0.25, -0.2) is 9.37 Å². The van der Waals surface area contributed by atoms with Crippen LogP contribution in [0, 0.1) is 5.82 Å². The number of aromatic nitrogens is 1. The molecule has 2 N–H and O–H groups in total. The molecule has 2 heterocycles. The van der Waals surface area contributed by atoms with Crippen molar-refractivity contribution in [2.24, 2.45) is 0 Å². The molecular weight excluding hydrogens is 267 g/mol. The first-order valence-corrected chi connectivity index (χ1v) is 6.03. The van der Waals surface area contributed by atoms with Gasteiger partial charge < -0.3 is 10.2 Å². The quantitative estimate of drug-likeness (QED) is 0.745. The minimum absolute atomic E-state index is 0.0360. The number of piperazine rings is 1. The van der Waals surface area contributed by atoms with E-state index in [0.29, 0.717) is 6.54 Å². The van der Waals surface area contributed by atoms with Crippen LogP contribution in [0.4, 0.5) is 10.2 Å². The molecule has 7 nitrogen and oxygen atoms in total. The molecule has 1 aromatic rings. The highest BCUT2D eigenvalue weighted by Crippen LogP contribution is 2.17. The summed E-state index contributed by atoms with van der Waals surface area (Å²) in [5.41, 5.74) is -0.224. The van der Waals surface area contributed by atoms with Gasteiger partial charge in [0.05, 0.1) is 5.56 Å². The summed E-state index contributed by atoms with van der Waals surface area (Å²) in [7, 11) is 0. The highest BCUT2D eigenvalue weighted by Gasteiger charge is 2.29. The second-order valence-corrected chi connectivity index (χ2v) is 4.18. The van der Waals surface area contributed by atoms with E-state index in [1.807, 2.05) is 0 Å². The zero-order valence-corrected chi connectivity index (χ0v) is 10.8. The van der Waals surface area contributed by atoms with E-state index >= 15 is 0 Å². The molecule has 1 aliphatic heterocycles. The number of amides is 3. The van der Waals surface area contributed by atoms with Crippen LogP contribution in [0.2, 0.25) is 0 Å². The van der Waals surface area contributed by atoms with Gasteiger partial charge in [0, 0.05) is 12.7 Å². The van der Waals surface area contributed by atoms with Gasteiger partial charge in [-0.15, -0.1) is 0 Å². The van der Waals surface area contributed by atoms with Gasteiger partial charge in [0.2, 0.25) is 11.8 Å². The van der Waals surface area contributed by atoms with Crippen molar-refractivity contribution in [3.63, 3.8) is 0 Å². The summed E-state index contributed by atoms with van der Waals surface area (Å²) in [4.78, 5) is 39.4. The molecule has 106 valence electrons. The monoisotopic (exact) mass is 280 g/mol. The van der Waals surface area contributed by atoms with Crippen molar-refractivity contribution in [2.45, 2.75) is 6.92 Å². The maximum absolute atomic E-state index is 14.1. The third kappa shape index (κ3) is 2.73. The number of carbonyl (C=O) groups is 3. The lowest BCUT2D eigenvalue weighted by atomic mass is 10.2. The molecule has 0 bridgehead atoms. The minimum atomic E-state index is -0.794. The summed E-state index contributed by atoms with van der Waals surface area (Å²) in [6.07, 6.45) is 1.29. The lowest BCUT2D eigenvalue weighted by Gasteiger charge is -2.25. The molecule has 0 spiro atoms. The third-order valence-electron chi connectivity index (χ3n) is 2.70. The van der Waals surface area contributed by atoms with Crippen LogP contribution in [-0.2, 0) is 9.59 Å². The van der Waals surface area contributed by atoms with Crippen molar-refractivity contribution in [1.82, 2.24) is 15.2 Å². The molecule has 8 heteroatoms. The average molecular weight is 280 g/mol. The Morgan fingerprint density at radius 2 is 2.10 bits per heavy atom. The van der Waals surface area contributed by atoms with E-state index in [4.69, 9.17) is 0 Å². The Bertz CT molecular complexity index is 560. The van der Waals surface area contributed by atoms with E-state index in [2.05, 4.69) is 15.6 Å². The molecule has 2 rings (SSSR count). The largest absolute Gasteiger partial charge is 0.368 e. The summed E-state index contributed by atoms with van der Waals surface area (Å²) in [6.45, 7) is 1.67. The molecule has 0 radical (unpaired) electrons. The second kappa shape index (κ2) is 5.64. The maximum atomic E-state index is 14.1. The van der Waals surface area contributed by atoms with Crippen LogP contribution >= 0.6 is 0 Å². The molecule has 1 aromatic heterocycles. The summed E-state index contributed by atoms with van der Waals surface area (Å²) < 4.78 is 14.1. The Morgan fingerprint density at radius 1 is 1.45 bits per heavy atom. The van der Waals surface area contributed by atoms with Crippen molar-refractivity contribution < 1.29 is 18.8 Å². The fourth-order valence-corrected chi connectivity index (χ4v) is 1.85. The number of halogens is 1. The van der Waals surface area contributed by atoms with E-state index < -0.39 is 23.5 Å². The van der Waals surface area contributed by atoms with Gasteiger partial charge >= 0.3 is 0 Å². The lowest BCUT2D eigenvalue weighted by molar-refractivity contribution is -0.135. The molecule has 0 atom stereocenters. The molecule has 1 saturated heterocycles. The number of nitrogens with zero attached hydrogens (tertiary/aromatic N) is 2. The van der Waals surface area contributed by atoms with E-state index in [0.717, 1.165) is 4.90 Å². The maximum Gasteiger partial charge on any atom is 0.257 e. The highest BCUT2D eigenvalue weighted by molar-refractivity contribution is 6.05. The summed E-state index contributed by atoms with van der Waals surface area (Å²) in [5, 5.41) is 4.76. The average Bonchev–Trinajstić information content (AvgIpc) is 2.39. The summed E-state index contributed by atoms with van der Waals surface area (Å²) in [6, 6.07) is 1.22. The number of nitrogens with one attached hydrogen (secondary N) is 2. The Kier molecular flexibility index (Phi) is 3.92. The smallest absolute Gasteiger partial charge is 0.257 e. The molecule has 1 fully saturated rings. The van der Waals surface area contributed by atoms with Crippen molar-refractivity contribution in [1.29, 1.82) is 0 Å². The SMILES string of the molecule is CCNc1nccc(C(=O)N2CC(=O)NC(=O)C2)c1F. The molecule has 0 unspecified atom stereocenters. The highest BCUT2D eigenvalue weighted by atomic mass is 19.1. The predicted molar refractivity (Wildman–Crippen MR) is 67.4 cm³/mol. The number of carbonyl (C=O) groups excluding carboxylic acids is 3. The number of hydrogen-bond acceptors (Lipinski definition) is 5. The van der Waals surface area contributed by atoms with E-state index in [1.165, 1.54) is 12.3 Å². The minimum Gasteiger partial charge on any atom is -0.368 e. The van der Waals surface area contributed by atoms with Crippen LogP contribution in [0.3, 0.4) is 0 Å². The van der Waals surface area contributed by atoms with Crippen LogP contribution in [-0.4, -0.2) is 47.2 Å². The van der Waals surface area contributed by atoms with E-state index in [-0.39, 0.29) is 24.5 Å². The molecule has 20 heavy (non-hydrogen) atoms. The van der Waals surface area contributed by atoms with Crippen LogP contribution in [0.25, 0.3) is 0 Å². The van der Waals surface area contributed by atoms with Crippen molar-refractivity contribution in [2.75, 3.05) is 25.0 Å². The van der Waals surface area contributed by atoms with Crippen LogP contribution in [0.15, 0.2) is 12.3 Å². The topological polar surface area (TPSA) is 91.4 Å². The van der Waals surface area contributed by atoms with Gasteiger partial charge in [0.1, 0.15) is 13.1 Å². The number of anilines is 1. The lowest BCUT2D eigenvalue weighted by Crippen LogP contribution is -2.53. The molecule has 0 saturated carbocycles. The molecule has 3 amide bonds. The number of imide groups is 1. The number of hydrogen-bond donors (Lipinski definition) is 2. The second-order valence-electron chi connectivity index (χ2n) is 4.18. The zero-order chi connectivity index (χ0) is 14.7. The first-order chi connectivity index (χ1) is 9.52. The Hall–Kier alpha value is -2.51. The van der Waals surface area contributed by atoms with E-state index in [9.17, 15) is 18.8 Å². The Morgan fingerprint density at radius 3 is 2.70 bits per heavy atom. The van der Waals surface area contributed by atoms with Crippen molar-refractivity contribution in [3.05, 3.63) is 23.6 Å². The third-order valence-corrected chi connectivity index (χ3v) is 2.70. The van der Waals surface area contributed by atoms with E-state index in [1.54, 1.807) is 6.92 Å². The molecule has 0 aliphatic carbocycles. The van der Waals surface area contributed by atoms with Gasteiger partial charge in [-0.1, -0.05) is 0 Å². The number of pyridine rings is 1. The van der Waals surface area contributed by atoms with Crippen molar-refractivity contribution in [3.8, 4) is 0 Å². The molecular formula is C12H13FN4O3. The summed E-state index contributed by atoms with van der Waals surface area (Å²) >= 11 is 0. The van der Waals surface area contributed by atoms with Crippen LogP contribution in [0.5, 0.6) is 0 Å².